The molecule has 13 heavy (non-hydrogen) atoms. The van der Waals surface area contributed by atoms with Crippen molar-refractivity contribution in [3.05, 3.63) is 0 Å². The van der Waals surface area contributed by atoms with Crippen LogP contribution in [0.1, 0.15) is 39.5 Å². The van der Waals surface area contributed by atoms with Gasteiger partial charge in [-0.05, 0) is 45.3 Å². The summed E-state index contributed by atoms with van der Waals surface area (Å²) in [7, 11) is 0. The molecule has 2 nitrogen and oxygen atoms in total. The van der Waals surface area contributed by atoms with E-state index in [1.807, 2.05) is 0 Å². The van der Waals surface area contributed by atoms with Gasteiger partial charge in [0, 0.05) is 6.04 Å². The van der Waals surface area contributed by atoms with Crippen LogP contribution in [0.2, 0.25) is 0 Å². The first kappa shape index (κ1) is 11.0. The van der Waals surface area contributed by atoms with Crippen molar-refractivity contribution >= 4 is 0 Å². The van der Waals surface area contributed by atoms with Crippen LogP contribution >= 0.6 is 0 Å². The van der Waals surface area contributed by atoms with E-state index in [-0.39, 0.29) is 0 Å². The van der Waals surface area contributed by atoms with Crippen molar-refractivity contribution in [2.24, 2.45) is 5.92 Å². The summed E-state index contributed by atoms with van der Waals surface area (Å²) in [6.07, 6.45) is 5.61. The zero-order valence-corrected chi connectivity index (χ0v) is 9.10. The quantitative estimate of drug-likeness (QED) is 0.562. The highest BCUT2D eigenvalue weighted by Crippen LogP contribution is 2.31. The van der Waals surface area contributed by atoms with E-state index in [0.29, 0.717) is 6.04 Å². The Morgan fingerprint density at radius 3 is 2.69 bits per heavy atom. The van der Waals surface area contributed by atoms with Crippen molar-refractivity contribution in [1.29, 1.82) is 0 Å². The molecule has 0 saturated heterocycles. The largest absolute Gasteiger partial charge is 0.317 e. The van der Waals surface area contributed by atoms with E-state index in [1.54, 1.807) is 0 Å². The second-order valence-electron chi connectivity index (χ2n) is 4.23. The van der Waals surface area contributed by atoms with Crippen molar-refractivity contribution in [3.8, 4) is 0 Å². The molecule has 1 aliphatic rings. The van der Waals surface area contributed by atoms with E-state index in [9.17, 15) is 0 Å². The van der Waals surface area contributed by atoms with Gasteiger partial charge in [-0.15, -0.1) is 0 Å². The maximum absolute atomic E-state index is 3.51. The van der Waals surface area contributed by atoms with E-state index in [2.05, 4.69) is 24.5 Å². The smallest absolute Gasteiger partial charge is 0.00506 e. The number of hydrogen-bond acceptors (Lipinski definition) is 2. The fraction of sp³-hybridized carbons (Fsp3) is 1.00. The normalized spacial score (nSPS) is 18.9. The molecule has 0 aromatic rings. The zero-order valence-electron chi connectivity index (χ0n) is 9.10. The molecule has 0 radical (unpaired) electrons. The molecule has 1 aliphatic carbocycles. The van der Waals surface area contributed by atoms with Crippen LogP contribution in [0, 0.1) is 5.92 Å². The maximum Gasteiger partial charge on any atom is 0.00506 e. The summed E-state index contributed by atoms with van der Waals surface area (Å²) >= 11 is 0. The fourth-order valence-electron chi connectivity index (χ4n) is 1.61. The van der Waals surface area contributed by atoms with Gasteiger partial charge < -0.3 is 10.6 Å². The molecule has 0 aromatic heterocycles. The molecule has 0 amide bonds. The van der Waals surface area contributed by atoms with Gasteiger partial charge in [0.1, 0.15) is 0 Å². The van der Waals surface area contributed by atoms with Crippen molar-refractivity contribution in [2.45, 2.75) is 45.6 Å². The van der Waals surface area contributed by atoms with E-state index in [1.165, 1.54) is 38.8 Å². The lowest BCUT2D eigenvalue weighted by atomic mass is 10.2. The summed E-state index contributed by atoms with van der Waals surface area (Å²) in [6.45, 7) is 7.90. The van der Waals surface area contributed by atoms with Crippen LogP contribution in [0.4, 0.5) is 0 Å². The lowest BCUT2D eigenvalue weighted by Gasteiger charge is -2.12. The number of rotatable bonds is 8. The summed E-state index contributed by atoms with van der Waals surface area (Å²) in [5.41, 5.74) is 0. The van der Waals surface area contributed by atoms with Gasteiger partial charge in [0.25, 0.3) is 0 Å². The van der Waals surface area contributed by atoms with Gasteiger partial charge in [-0.1, -0.05) is 19.8 Å². The second-order valence-corrected chi connectivity index (χ2v) is 4.23. The van der Waals surface area contributed by atoms with Gasteiger partial charge in [-0.2, -0.15) is 0 Å². The summed E-state index contributed by atoms with van der Waals surface area (Å²) in [5, 5.41) is 6.92. The third-order valence-corrected chi connectivity index (χ3v) is 2.73. The lowest BCUT2D eigenvalue weighted by molar-refractivity contribution is 0.497. The molecule has 2 N–H and O–H groups in total. The van der Waals surface area contributed by atoms with Crippen LogP contribution < -0.4 is 10.6 Å². The molecular weight excluding hydrogens is 160 g/mol. The predicted molar refractivity (Wildman–Crippen MR) is 58.0 cm³/mol. The lowest BCUT2D eigenvalue weighted by Crippen LogP contribution is -2.30. The minimum absolute atomic E-state index is 0.665. The van der Waals surface area contributed by atoms with Crippen LogP contribution in [0.15, 0.2) is 0 Å². The van der Waals surface area contributed by atoms with Gasteiger partial charge in [0.15, 0.2) is 0 Å². The molecule has 1 fully saturated rings. The van der Waals surface area contributed by atoms with Gasteiger partial charge in [-0.25, -0.2) is 0 Å². The molecule has 1 saturated carbocycles. The first-order valence-corrected chi connectivity index (χ1v) is 5.77. The predicted octanol–water partition coefficient (Wildman–Crippen LogP) is 1.76. The molecule has 0 bridgehead atoms. The first-order valence-electron chi connectivity index (χ1n) is 5.77. The van der Waals surface area contributed by atoms with Crippen molar-refractivity contribution in [3.63, 3.8) is 0 Å². The van der Waals surface area contributed by atoms with Gasteiger partial charge >= 0.3 is 0 Å². The minimum atomic E-state index is 0.665. The fourth-order valence-corrected chi connectivity index (χ4v) is 1.61. The highest BCUT2D eigenvalue weighted by molar-refractivity contribution is 4.73. The molecule has 0 heterocycles. The maximum atomic E-state index is 3.51. The van der Waals surface area contributed by atoms with Gasteiger partial charge in [-0.3, -0.25) is 0 Å². The standard InChI is InChI=1S/C11H24N2/c1-3-13-10(2)6-8-12-9-7-11-4-5-11/h10-13H,3-9H2,1-2H3. The van der Waals surface area contributed by atoms with Crippen LogP contribution in [-0.2, 0) is 0 Å². The van der Waals surface area contributed by atoms with Crippen molar-refractivity contribution in [2.75, 3.05) is 19.6 Å². The Morgan fingerprint density at radius 1 is 1.31 bits per heavy atom. The molecule has 1 unspecified atom stereocenters. The third-order valence-electron chi connectivity index (χ3n) is 2.73. The van der Waals surface area contributed by atoms with Crippen molar-refractivity contribution < 1.29 is 0 Å². The van der Waals surface area contributed by atoms with Gasteiger partial charge in [0.2, 0.25) is 0 Å². The Bertz CT molecular complexity index is 121. The average molecular weight is 184 g/mol. The molecule has 78 valence electrons. The van der Waals surface area contributed by atoms with Crippen LogP contribution in [-0.4, -0.2) is 25.7 Å². The molecule has 0 aromatic carbocycles. The highest BCUT2D eigenvalue weighted by atomic mass is 14.9. The first-order chi connectivity index (χ1) is 6.33. The Morgan fingerprint density at radius 2 is 2.08 bits per heavy atom. The average Bonchev–Trinajstić information content (AvgIpc) is 2.88. The Hall–Kier alpha value is -0.0800. The number of hydrogen-bond donors (Lipinski definition) is 2. The number of nitrogens with one attached hydrogen (secondary N) is 2. The second kappa shape index (κ2) is 6.39. The molecular formula is C11H24N2. The van der Waals surface area contributed by atoms with Crippen LogP contribution in [0.25, 0.3) is 0 Å². The summed E-state index contributed by atoms with van der Waals surface area (Å²) in [6, 6.07) is 0.665. The summed E-state index contributed by atoms with van der Waals surface area (Å²) < 4.78 is 0. The van der Waals surface area contributed by atoms with Crippen LogP contribution in [0.3, 0.4) is 0 Å². The Balaban J connectivity index is 1.76. The van der Waals surface area contributed by atoms with E-state index < -0.39 is 0 Å². The monoisotopic (exact) mass is 184 g/mol. The van der Waals surface area contributed by atoms with Gasteiger partial charge in [0.05, 0.1) is 0 Å². The third kappa shape index (κ3) is 6.05. The van der Waals surface area contributed by atoms with Crippen LogP contribution in [0.5, 0.6) is 0 Å². The Kier molecular flexibility index (Phi) is 5.40. The molecule has 1 rings (SSSR count). The van der Waals surface area contributed by atoms with E-state index in [4.69, 9.17) is 0 Å². The SMILES string of the molecule is CCNC(C)CCNCCC1CC1. The molecule has 2 heteroatoms. The highest BCUT2D eigenvalue weighted by Gasteiger charge is 2.19. The summed E-state index contributed by atoms with van der Waals surface area (Å²) in [5.74, 6) is 1.07. The van der Waals surface area contributed by atoms with Crippen molar-refractivity contribution in [1.82, 2.24) is 10.6 Å². The zero-order chi connectivity index (χ0) is 9.52. The molecule has 1 atom stereocenters. The summed E-state index contributed by atoms with van der Waals surface area (Å²) in [4.78, 5) is 0. The molecule has 0 aliphatic heterocycles. The van der Waals surface area contributed by atoms with E-state index >= 15 is 0 Å². The molecule has 0 spiro atoms. The topological polar surface area (TPSA) is 24.1 Å². The van der Waals surface area contributed by atoms with E-state index in [0.717, 1.165) is 12.5 Å². The Labute approximate surface area is 82.5 Å². The minimum Gasteiger partial charge on any atom is -0.317 e.